The summed E-state index contributed by atoms with van der Waals surface area (Å²) in [5.74, 6) is 0.620. The van der Waals surface area contributed by atoms with Crippen LogP contribution in [0.5, 0.6) is 11.5 Å². The number of amides is 2. The second kappa shape index (κ2) is 10.4. The quantitative estimate of drug-likeness (QED) is 0.463. The molecule has 1 aliphatic carbocycles. The predicted octanol–water partition coefficient (Wildman–Crippen LogP) is 4.61. The van der Waals surface area contributed by atoms with Crippen molar-refractivity contribution in [2.45, 2.75) is 52.0 Å². The van der Waals surface area contributed by atoms with Crippen LogP contribution in [-0.4, -0.2) is 59.5 Å². The summed E-state index contributed by atoms with van der Waals surface area (Å²) in [6.07, 6.45) is 5.81. The van der Waals surface area contributed by atoms with E-state index in [1.807, 2.05) is 18.7 Å². The maximum absolute atomic E-state index is 14.8. The topological polar surface area (TPSA) is 96.6 Å². The van der Waals surface area contributed by atoms with Crippen LogP contribution in [0.15, 0.2) is 24.4 Å². The summed E-state index contributed by atoms with van der Waals surface area (Å²) in [7, 11) is 1.43. The molecule has 2 fully saturated rings. The maximum atomic E-state index is 14.8. The SMILES string of the molecule is CCC(=O)N1CCC(NC(=O)c2c(C)[nH]c3c(-c4cc(F)c(OC)cc4OCC4CC4)ccnc23)CC1. The van der Waals surface area contributed by atoms with E-state index in [-0.39, 0.29) is 23.6 Å². The van der Waals surface area contributed by atoms with E-state index < -0.39 is 5.82 Å². The average molecular weight is 509 g/mol. The molecule has 1 aliphatic heterocycles. The summed E-state index contributed by atoms with van der Waals surface area (Å²) in [4.78, 5) is 35.0. The maximum Gasteiger partial charge on any atom is 0.255 e. The van der Waals surface area contributed by atoms with Crippen molar-refractivity contribution in [3.05, 3.63) is 41.5 Å². The summed E-state index contributed by atoms with van der Waals surface area (Å²) >= 11 is 0. The minimum Gasteiger partial charge on any atom is -0.494 e. The fourth-order valence-electron chi connectivity index (χ4n) is 4.98. The van der Waals surface area contributed by atoms with Crippen molar-refractivity contribution >= 4 is 22.8 Å². The van der Waals surface area contributed by atoms with Crippen molar-refractivity contribution < 1.29 is 23.5 Å². The second-order valence-corrected chi connectivity index (χ2v) is 9.93. The first kappa shape index (κ1) is 25.0. The van der Waals surface area contributed by atoms with Crippen molar-refractivity contribution in [2.24, 2.45) is 5.92 Å². The number of pyridine rings is 1. The molecule has 2 amide bonds. The zero-order valence-electron chi connectivity index (χ0n) is 21.5. The number of ether oxygens (including phenoxy) is 2. The molecule has 3 heterocycles. The fraction of sp³-hybridized carbons (Fsp3) is 0.464. The number of fused-ring (bicyclic) bond motifs is 1. The Balaban J connectivity index is 1.44. The van der Waals surface area contributed by atoms with Gasteiger partial charge in [-0.15, -0.1) is 0 Å². The molecule has 5 rings (SSSR count). The predicted molar refractivity (Wildman–Crippen MR) is 138 cm³/mol. The number of methoxy groups -OCH3 is 1. The number of H-pyrrole nitrogens is 1. The van der Waals surface area contributed by atoms with E-state index in [1.165, 1.54) is 13.2 Å². The van der Waals surface area contributed by atoms with E-state index in [2.05, 4.69) is 15.3 Å². The van der Waals surface area contributed by atoms with Crippen LogP contribution in [0, 0.1) is 18.7 Å². The number of likely N-dealkylation sites (tertiary alicyclic amines) is 1. The van der Waals surface area contributed by atoms with Crippen LogP contribution in [0.1, 0.15) is 55.1 Å². The Bertz CT molecular complexity index is 1330. The second-order valence-electron chi connectivity index (χ2n) is 9.93. The lowest BCUT2D eigenvalue weighted by Gasteiger charge is -2.32. The van der Waals surface area contributed by atoms with Gasteiger partial charge in [-0.3, -0.25) is 14.6 Å². The lowest BCUT2D eigenvalue weighted by molar-refractivity contribution is -0.131. The van der Waals surface area contributed by atoms with Crippen molar-refractivity contribution in [2.75, 3.05) is 26.8 Å². The van der Waals surface area contributed by atoms with E-state index in [9.17, 15) is 14.0 Å². The minimum atomic E-state index is -0.490. The monoisotopic (exact) mass is 508 g/mol. The van der Waals surface area contributed by atoms with Gasteiger partial charge >= 0.3 is 0 Å². The van der Waals surface area contributed by atoms with Crippen LogP contribution < -0.4 is 14.8 Å². The van der Waals surface area contributed by atoms with Gasteiger partial charge in [0, 0.05) is 54.6 Å². The highest BCUT2D eigenvalue weighted by Crippen LogP contribution is 2.40. The Labute approximate surface area is 215 Å². The third-order valence-corrected chi connectivity index (χ3v) is 7.30. The number of piperidine rings is 1. The van der Waals surface area contributed by atoms with Gasteiger partial charge in [-0.2, -0.15) is 0 Å². The Hall–Kier alpha value is -3.62. The van der Waals surface area contributed by atoms with Crippen LogP contribution in [0.3, 0.4) is 0 Å². The van der Waals surface area contributed by atoms with Gasteiger partial charge in [0.1, 0.15) is 11.3 Å². The van der Waals surface area contributed by atoms with Crippen LogP contribution in [-0.2, 0) is 4.79 Å². The molecule has 1 saturated carbocycles. The molecule has 1 saturated heterocycles. The van der Waals surface area contributed by atoms with Gasteiger partial charge in [0.15, 0.2) is 11.6 Å². The molecule has 9 heteroatoms. The number of hydrogen-bond acceptors (Lipinski definition) is 5. The molecule has 0 bridgehead atoms. The standard InChI is InChI=1S/C28H33FN4O4/c1-4-24(34)33-11-8-18(9-12-33)32-28(35)25-16(2)31-26-19(7-10-30-27(25)26)20-13-21(29)23(36-3)14-22(20)37-15-17-5-6-17/h7,10,13-14,17-18,31H,4-6,8-9,11-12,15H2,1-3H3,(H,32,35). The van der Waals surface area contributed by atoms with Crippen molar-refractivity contribution in [3.63, 3.8) is 0 Å². The van der Waals surface area contributed by atoms with Gasteiger partial charge in [-0.05, 0) is 50.7 Å². The Morgan fingerprint density at radius 1 is 1.16 bits per heavy atom. The number of aromatic amines is 1. The Morgan fingerprint density at radius 3 is 2.59 bits per heavy atom. The Kier molecular flexibility index (Phi) is 7.04. The third kappa shape index (κ3) is 5.12. The number of aromatic nitrogens is 2. The summed E-state index contributed by atoms with van der Waals surface area (Å²) in [5, 5.41) is 3.13. The highest BCUT2D eigenvalue weighted by Gasteiger charge is 2.27. The molecular weight excluding hydrogens is 475 g/mol. The van der Waals surface area contributed by atoms with E-state index in [1.54, 1.807) is 18.3 Å². The van der Waals surface area contributed by atoms with Crippen LogP contribution >= 0.6 is 0 Å². The number of nitrogens with one attached hydrogen (secondary N) is 2. The molecule has 0 unspecified atom stereocenters. The number of hydrogen-bond donors (Lipinski definition) is 2. The third-order valence-electron chi connectivity index (χ3n) is 7.30. The first-order chi connectivity index (χ1) is 17.9. The zero-order chi connectivity index (χ0) is 26.1. The number of rotatable bonds is 8. The molecule has 2 N–H and O–H groups in total. The molecule has 0 atom stereocenters. The molecule has 3 aromatic rings. The first-order valence-electron chi connectivity index (χ1n) is 13.0. The van der Waals surface area contributed by atoms with E-state index in [0.717, 1.165) is 12.8 Å². The first-order valence-corrected chi connectivity index (χ1v) is 13.0. The summed E-state index contributed by atoms with van der Waals surface area (Å²) in [6.45, 7) is 5.54. The van der Waals surface area contributed by atoms with E-state index in [4.69, 9.17) is 9.47 Å². The lowest BCUT2D eigenvalue weighted by atomic mass is 10.0. The molecule has 37 heavy (non-hydrogen) atoms. The molecular formula is C28H33FN4O4. The summed E-state index contributed by atoms with van der Waals surface area (Å²) in [6, 6.07) is 4.78. The number of halogens is 1. The highest BCUT2D eigenvalue weighted by molar-refractivity contribution is 6.09. The lowest BCUT2D eigenvalue weighted by Crippen LogP contribution is -2.46. The zero-order valence-corrected chi connectivity index (χ0v) is 21.5. The number of benzene rings is 1. The van der Waals surface area contributed by atoms with E-state index >= 15 is 0 Å². The van der Waals surface area contributed by atoms with Gasteiger partial charge < -0.3 is 24.7 Å². The van der Waals surface area contributed by atoms with Crippen LogP contribution in [0.4, 0.5) is 4.39 Å². The molecule has 196 valence electrons. The van der Waals surface area contributed by atoms with Crippen molar-refractivity contribution in [3.8, 4) is 22.6 Å². The molecule has 0 radical (unpaired) electrons. The molecule has 0 spiro atoms. The van der Waals surface area contributed by atoms with Gasteiger partial charge in [0.05, 0.1) is 24.8 Å². The van der Waals surface area contributed by atoms with Crippen molar-refractivity contribution in [1.29, 1.82) is 0 Å². The fourth-order valence-corrected chi connectivity index (χ4v) is 4.98. The van der Waals surface area contributed by atoms with Gasteiger partial charge in [-0.25, -0.2) is 4.39 Å². The van der Waals surface area contributed by atoms with Crippen molar-refractivity contribution in [1.82, 2.24) is 20.2 Å². The smallest absolute Gasteiger partial charge is 0.255 e. The number of carbonyl (C=O) groups excluding carboxylic acids is 2. The van der Waals surface area contributed by atoms with E-state index in [0.29, 0.717) is 84.0 Å². The van der Waals surface area contributed by atoms with Crippen LogP contribution in [0.25, 0.3) is 22.2 Å². The highest BCUT2D eigenvalue weighted by atomic mass is 19.1. The average Bonchev–Trinajstić information content (AvgIpc) is 3.67. The molecule has 2 aromatic heterocycles. The summed E-state index contributed by atoms with van der Waals surface area (Å²) < 4.78 is 26.1. The largest absolute Gasteiger partial charge is 0.494 e. The Morgan fingerprint density at radius 2 is 1.92 bits per heavy atom. The molecule has 2 aliphatic rings. The van der Waals surface area contributed by atoms with Gasteiger partial charge in [-0.1, -0.05) is 6.92 Å². The number of carbonyl (C=O) groups is 2. The normalized spacial score (nSPS) is 16.2. The van der Waals surface area contributed by atoms with Crippen LogP contribution in [0.2, 0.25) is 0 Å². The molecule has 1 aromatic carbocycles. The summed E-state index contributed by atoms with van der Waals surface area (Å²) in [5.41, 5.74) is 3.60. The van der Waals surface area contributed by atoms with Gasteiger partial charge in [0.25, 0.3) is 5.91 Å². The number of nitrogens with zero attached hydrogens (tertiary/aromatic N) is 2. The minimum absolute atomic E-state index is 0.0148. The van der Waals surface area contributed by atoms with Gasteiger partial charge in [0.2, 0.25) is 5.91 Å². The molecule has 8 nitrogen and oxygen atoms in total. The number of aryl methyl sites for hydroxylation is 1.